The summed E-state index contributed by atoms with van der Waals surface area (Å²) in [7, 11) is 0. The third-order valence-corrected chi connectivity index (χ3v) is 10.4. The van der Waals surface area contributed by atoms with Gasteiger partial charge in [0.05, 0.1) is 0 Å². The van der Waals surface area contributed by atoms with E-state index in [2.05, 4.69) is 6.58 Å². The van der Waals surface area contributed by atoms with Gasteiger partial charge in [-0.25, -0.2) is 0 Å². The number of benzene rings is 3. The van der Waals surface area contributed by atoms with Crippen molar-refractivity contribution < 1.29 is 14.4 Å². The summed E-state index contributed by atoms with van der Waals surface area (Å²) in [5.74, 6) is 1.67. The van der Waals surface area contributed by atoms with E-state index in [1.54, 1.807) is 0 Å². The van der Waals surface area contributed by atoms with Gasteiger partial charge in [-0.2, -0.15) is 0 Å². The number of thioether (sulfide) groups is 3. The molecular formula is C34H38O3S3. The normalized spacial score (nSPS) is 11.2. The zero-order valence-electron chi connectivity index (χ0n) is 23.0. The molecule has 0 fully saturated rings. The summed E-state index contributed by atoms with van der Waals surface area (Å²) < 4.78 is 0. The zero-order chi connectivity index (χ0) is 28.5. The first-order valence-corrected chi connectivity index (χ1v) is 16.8. The number of unbranched alkanes of at least 4 members (excludes halogenated alkanes) is 5. The Morgan fingerprint density at radius 3 is 1.27 bits per heavy atom. The van der Waals surface area contributed by atoms with Gasteiger partial charge in [0.15, 0.2) is 0 Å². The van der Waals surface area contributed by atoms with Crippen molar-refractivity contribution in [3.63, 3.8) is 0 Å². The van der Waals surface area contributed by atoms with Gasteiger partial charge in [-0.3, -0.25) is 14.4 Å². The molecule has 40 heavy (non-hydrogen) atoms. The third-order valence-electron chi connectivity index (χ3n) is 6.67. The molecule has 0 saturated heterocycles. The van der Waals surface area contributed by atoms with E-state index < -0.39 is 0 Å². The number of hydrogen-bond donors (Lipinski definition) is 0. The summed E-state index contributed by atoms with van der Waals surface area (Å²) in [6.45, 7) is 3.81. The molecule has 0 bridgehead atoms. The zero-order valence-corrected chi connectivity index (χ0v) is 25.4. The summed E-state index contributed by atoms with van der Waals surface area (Å²) in [6.07, 6.45) is 9.41. The number of rotatable bonds is 17. The second-order valence-corrected chi connectivity index (χ2v) is 12.8. The molecule has 0 spiro atoms. The predicted molar refractivity (Wildman–Crippen MR) is 175 cm³/mol. The lowest BCUT2D eigenvalue weighted by Crippen LogP contribution is -2.32. The minimum absolute atomic E-state index is 0.0215. The maximum Gasteiger partial charge on any atom is 0.219 e. The number of carbonyl (C=O) groups is 3. The Balaban J connectivity index is 1.76. The second-order valence-electron chi connectivity index (χ2n) is 9.92. The van der Waals surface area contributed by atoms with Crippen LogP contribution in [0.5, 0.6) is 0 Å². The average molecular weight is 591 g/mol. The molecule has 3 aromatic carbocycles. The van der Waals surface area contributed by atoms with Crippen molar-refractivity contribution >= 4 is 50.6 Å². The monoisotopic (exact) mass is 590 g/mol. The number of hydrogen-bond acceptors (Lipinski definition) is 6. The average Bonchev–Trinajstić information content (AvgIpc) is 3.01. The highest BCUT2D eigenvalue weighted by atomic mass is 32.2. The maximum atomic E-state index is 13.1. The van der Waals surface area contributed by atoms with Crippen LogP contribution in [-0.2, 0) is 0 Å². The van der Waals surface area contributed by atoms with Crippen molar-refractivity contribution in [2.75, 3.05) is 17.3 Å². The molecule has 3 nitrogen and oxygen atoms in total. The molecule has 0 amide bonds. The SMILES string of the molecule is C=CCCCCCCCC(CSC(=O)c1ccccc1)(CSC(=O)c1ccccc1)CSC(=O)c1ccccc1. The molecule has 0 unspecified atom stereocenters. The summed E-state index contributed by atoms with van der Waals surface area (Å²) >= 11 is 3.92. The first-order chi connectivity index (χ1) is 19.5. The second kappa shape index (κ2) is 18.0. The Morgan fingerprint density at radius 1 is 0.550 bits per heavy atom. The van der Waals surface area contributed by atoms with Crippen molar-refractivity contribution in [1.29, 1.82) is 0 Å². The van der Waals surface area contributed by atoms with Crippen LogP contribution in [0.3, 0.4) is 0 Å². The molecule has 3 aromatic rings. The molecule has 210 valence electrons. The van der Waals surface area contributed by atoms with Crippen molar-refractivity contribution in [1.82, 2.24) is 0 Å². The molecular weight excluding hydrogens is 553 g/mol. The minimum atomic E-state index is -0.361. The molecule has 0 atom stereocenters. The van der Waals surface area contributed by atoms with Gasteiger partial charge < -0.3 is 0 Å². The van der Waals surface area contributed by atoms with E-state index in [-0.39, 0.29) is 20.8 Å². The van der Waals surface area contributed by atoms with Gasteiger partial charge in [-0.1, -0.05) is 158 Å². The quantitative estimate of drug-likeness (QED) is 0.115. The Kier molecular flexibility index (Phi) is 14.4. The molecule has 6 heteroatoms. The highest BCUT2D eigenvalue weighted by Crippen LogP contribution is 2.39. The molecule has 0 aliphatic heterocycles. The predicted octanol–water partition coefficient (Wildman–Crippen LogP) is 9.61. The van der Waals surface area contributed by atoms with Crippen molar-refractivity contribution in [2.24, 2.45) is 5.41 Å². The minimum Gasteiger partial charge on any atom is -0.282 e. The fraction of sp³-hybridized carbons (Fsp3) is 0.324. The van der Waals surface area contributed by atoms with Crippen LogP contribution in [0, 0.1) is 5.41 Å². The lowest BCUT2D eigenvalue weighted by Gasteiger charge is -2.33. The first kappa shape index (κ1) is 32.0. The fourth-order valence-corrected chi connectivity index (χ4v) is 7.94. The van der Waals surface area contributed by atoms with Crippen LogP contribution in [0.25, 0.3) is 0 Å². The smallest absolute Gasteiger partial charge is 0.219 e. The van der Waals surface area contributed by atoms with E-state index in [1.165, 1.54) is 41.7 Å². The molecule has 0 aliphatic carbocycles. The Bertz CT molecular complexity index is 1060. The summed E-state index contributed by atoms with van der Waals surface area (Å²) in [6, 6.07) is 27.9. The largest absolute Gasteiger partial charge is 0.282 e. The Labute approximate surface area is 252 Å². The topological polar surface area (TPSA) is 51.2 Å². The van der Waals surface area contributed by atoms with Crippen molar-refractivity contribution in [2.45, 2.75) is 44.9 Å². The van der Waals surface area contributed by atoms with Gasteiger partial charge in [-0.15, -0.1) is 6.58 Å². The van der Waals surface area contributed by atoms with Crippen LogP contribution >= 0.6 is 35.3 Å². The summed E-state index contributed by atoms with van der Waals surface area (Å²) in [4.78, 5) is 39.3. The van der Waals surface area contributed by atoms with E-state index in [4.69, 9.17) is 0 Å². The Hall–Kier alpha value is -2.54. The number of carbonyl (C=O) groups excluding carboxylic acids is 3. The number of allylic oxidation sites excluding steroid dienone is 1. The van der Waals surface area contributed by atoms with Gasteiger partial charge in [0.2, 0.25) is 15.3 Å². The molecule has 0 heterocycles. The molecule has 0 aromatic heterocycles. The van der Waals surface area contributed by atoms with Crippen molar-refractivity contribution in [3.8, 4) is 0 Å². The molecule has 0 aliphatic rings. The van der Waals surface area contributed by atoms with Gasteiger partial charge in [0, 0.05) is 33.9 Å². The van der Waals surface area contributed by atoms with E-state index in [9.17, 15) is 14.4 Å². The lowest BCUT2D eigenvalue weighted by atomic mass is 9.88. The van der Waals surface area contributed by atoms with Gasteiger partial charge in [-0.05, 0) is 24.7 Å². The van der Waals surface area contributed by atoms with Crippen LogP contribution < -0.4 is 0 Å². The van der Waals surface area contributed by atoms with Gasteiger partial charge in [0.1, 0.15) is 0 Å². The van der Waals surface area contributed by atoms with Crippen LogP contribution in [-0.4, -0.2) is 32.6 Å². The Morgan fingerprint density at radius 2 is 0.900 bits per heavy atom. The highest BCUT2D eigenvalue weighted by Gasteiger charge is 2.33. The van der Waals surface area contributed by atoms with Crippen LogP contribution in [0.15, 0.2) is 104 Å². The first-order valence-electron chi connectivity index (χ1n) is 13.8. The van der Waals surface area contributed by atoms with Crippen LogP contribution in [0.4, 0.5) is 0 Å². The highest BCUT2D eigenvalue weighted by molar-refractivity contribution is 8.15. The molecule has 3 rings (SSSR count). The van der Waals surface area contributed by atoms with E-state index >= 15 is 0 Å². The van der Waals surface area contributed by atoms with Gasteiger partial charge >= 0.3 is 0 Å². The summed E-state index contributed by atoms with van der Waals surface area (Å²) in [5, 5.41) is 0.0644. The van der Waals surface area contributed by atoms with E-state index in [1.807, 2.05) is 97.1 Å². The van der Waals surface area contributed by atoms with E-state index in [0.29, 0.717) is 33.9 Å². The van der Waals surface area contributed by atoms with Crippen LogP contribution in [0.2, 0.25) is 0 Å². The molecule has 0 N–H and O–H groups in total. The lowest BCUT2D eigenvalue weighted by molar-refractivity contribution is 0.108. The fourth-order valence-electron chi connectivity index (χ4n) is 4.29. The third kappa shape index (κ3) is 11.1. The van der Waals surface area contributed by atoms with Gasteiger partial charge in [0.25, 0.3) is 0 Å². The standard InChI is InChI=1S/C34H38O3S3/c1-2-3-4-5-6-7-17-24-34(25-38-31(35)28-18-11-8-12-19-28,26-39-32(36)29-20-13-9-14-21-29)27-40-33(37)30-22-15-10-16-23-30/h2,8-16,18-23H,1,3-7,17,24-27H2. The van der Waals surface area contributed by atoms with E-state index in [0.717, 1.165) is 38.5 Å². The maximum absolute atomic E-state index is 13.1. The van der Waals surface area contributed by atoms with Crippen LogP contribution in [0.1, 0.15) is 76.0 Å². The molecule has 0 saturated carbocycles. The molecule has 0 radical (unpaired) electrons. The summed E-state index contributed by atoms with van der Waals surface area (Å²) in [5.41, 5.74) is 1.65. The van der Waals surface area contributed by atoms with Crippen molar-refractivity contribution in [3.05, 3.63) is 120 Å².